The van der Waals surface area contributed by atoms with Crippen LogP contribution in [-0.4, -0.2) is 18.7 Å². The number of hydrogen-bond acceptors (Lipinski definition) is 4. The van der Waals surface area contributed by atoms with Crippen molar-refractivity contribution in [3.8, 4) is 0 Å². The van der Waals surface area contributed by atoms with E-state index in [4.69, 9.17) is 28.2 Å². The number of nitrogens with one attached hydrogen (secondary N) is 1. The van der Waals surface area contributed by atoms with Gasteiger partial charge in [-0.1, -0.05) is 81.2 Å². The van der Waals surface area contributed by atoms with Gasteiger partial charge in [-0.25, -0.2) is 0 Å². The molecule has 1 unspecified atom stereocenters. The highest BCUT2D eigenvalue weighted by atomic mass is 35.5. The van der Waals surface area contributed by atoms with Crippen molar-refractivity contribution in [1.29, 1.82) is 0 Å². The van der Waals surface area contributed by atoms with Gasteiger partial charge in [0.15, 0.2) is 0 Å². The molecule has 0 aromatic heterocycles. The molecule has 0 spiro atoms. The maximum atomic E-state index is 11.7. The molecule has 0 radical (unpaired) electrons. The number of halogens is 2. The Morgan fingerprint density at radius 3 is 2.40 bits per heavy atom. The Morgan fingerprint density at radius 2 is 1.67 bits per heavy atom. The van der Waals surface area contributed by atoms with Gasteiger partial charge in [0, 0.05) is 32.3 Å². The molecule has 42 heavy (non-hydrogen) atoms. The van der Waals surface area contributed by atoms with Crippen LogP contribution in [0.1, 0.15) is 64.5 Å². The van der Waals surface area contributed by atoms with E-state index in [1.807, 2.05) is 32.1 Å². The second kappa shape index (κ2) is 10.4. The first-order valence-electron chi connectivity index (χ1n) is 14.2. The smallest absolute Gasteiger partial charge is 0.294 e. The molecule has 4 aliphatic rings. The van der Waals surface area contributed by atoms with Crippen LogP contribution in [0.3, 0.4) is 0 Å². The molecule has 0 fully saturated rings. The predicted molar refractivity (Wildman–Crippen MR) is 172 cm³/mol. The van der Waals surface area contributed by atoms with Crippen molar-refractivity contribution in [3.05, 3.63) is 110 Å². The van der Waals surface area contributed by atoms with Gasteiger partial charge >= 0.3 is 0 Å². The molecule has 2 aromatic carbocycles. The summed E-state index contributed by atoms with van der Waals surface area (Å²) in [5, 5.41) is 4.87. The van der Waals surface area contributed by atoms with Crippen LogP contribution in [0.4, 0.5) is 11.4 Å². The fourth-order valence-corrected chi connectivity index (χ4v) is 7.92. The zero-order valence-corrected chi connectivity index (χ0v) is 26.5. The molecular weight excluding hydrogens is 587 g/mol. The number of nitrogens with zero attached hydrogens (tertiary/aromatic N) is 1. The fourth-order valence-electron chi connectivity index (χ4n) is 6.55. The number of allylic oxidation sites excluding steroid dienone is 10. The van der Waals surface area contributed by atoms with Crippen LogP contribution in [0.25, 0.3) is 0 Å². The normalized spacial score (nSPS) is 24.6. The summed E-state index contributed by atoms with van der Waals surface area (Å²) < 4.78 is 32.9. The van der Waals surface area contributed by atoms with Gasteiger partial charge in [0.25, 0.3) is 10.1 Å². The van der Waals surface area contributed by atoms with Crippen LogP contribution >= 0.6 is 23.2 Å². The Bertz CT molecular complexity index is 1810. The highest BCUT2D eigenvalue weighted by Crippen LogP contribution is 2.49. The van der Waals surface area contributed by atoms with Gasteiger partial charge in [0.05, 0.1) is 16.3 Å². The molecule has 218 valence electrons. The zero-order chi connectivity index (χ0) is 30.0. The van der Waals surface area contributed by atoms with E-state index in [-0.39, 0.29) is 10.3 Å². The van der Waals surface area contributed by atoms with Crippen molar-refractivity contribution in [2.45, 2.75) is 69.1 Å². The largest absolute Gasteiger partial charge is 0.358 e. The number of hydrogen-bond donors (Lipinski definition) is 2. The first kappa shape index (κ1) is 29.2. The van der Waals surface area contributed by atoms with Crippen molar-refractivity contribution in [1.82, 2.24) is 0 Å². The van der Waals surface area contributed by atoms with Crippen LogP contribution in [-0.2, 0) is 20.9 Å². The summed E-state index contributed by atoms with van der Waals surface area (Å²) in [6.45, 7) is 8.45. The Morgan fingerprint density at radius 1 is 0.929 bits per heavy atom. The van der Waals surface area contributed by atoms with Crippen molar-refractivity contribution >= 4 is 50.4 Å². The lowest BCUT2D eigenvalue weighted by molar-refractivity contribution is 0.483. The lowest BCUT2D eigenvalue weighted by Crippen LogP contribution is -2.23. The van der Waals surface area contributed by atoms with Gasteiger partial charge in [0.2, 0.25) is 0 Å². The first-order valence-corrected chi connectivity index (χ1v) is 16.4. The van der Waals surface area contributed by atoms with E-state index in [0.29, 0.717) is 11.0 Å². The Labute approximate surface area is 258 Å². The molecule has 1 atom stereocenters. The van der Waals surface area contributed by atoms with Gasteiger partial charge in [-0.05, 0) is 95.9 Å². The molecule has 0 saturated heterocycles. The second-order valence-electron chi connectivity index (χ2n) is 12.5. The van der Waals surface area contributed by atoms with E-state index >= 15 is 0 Å². The summed E-state index contributed by atoms with van der Waals surface area (Å²) in [5.41, 5.74) is 8.31. The third-order valence-electron chi connectivity index (χ3n) is 9.23. The second-order valence-corrected chi connectivity index (χ2v) is 14.7. The molecule has 0 amide bonds. The van der Waals surface area contributed by atoms with E-state index in [2.05, 4.69) is 49.5 Å². The molecule has 2 heterocycles. The summed E-state index contributed by atoms with van der Waals surface area (Å²) in [5.74, 6) is 0.334. The molecule has 0 saturated carbocycles. The molecule has 5 nitrogen and oxygen atoms in total. The maximum Gasteiger partial charge on any atom is 0.294 e. The topological polar surface area (TPSA) is 78.8 Å². The number of aliphatic imine (C=N–C) groups is 1. The number of rotatable bonds is 4. The lowest BCUT2D eigenvalue weighted by Gasteiger charge is -2.32. The van der Waals surface area contributed by atoms with E-state index in [1.165, 1.54) is 17.7 Å². The molecule has 0 bridgehead atoms. The molecule has 2 aliphatic carbocycles. The number of fused-ring (bicyclic) bond motifs is 3. The number of benzene rings is 2. The summed E-state index contributed by atoms with van der Waals surface area (Å²) in [7, 11) is -4.29. The van der Waals surface area contributed by atoms with Gasteiger partial charge in [-0.2, -0.15) is 8.42 Å². The Kier molecular flexibility index (Phi) is 7.21. The minimum atomic E-state index is -4.29. The van der Waals surface area contributed by atoms with E-state index < -0.39 is 15.5 Å². The third-order valence-corrected chi connectivity index (χ3v) is 11.0. The van der Waals surface area contributed by atoms with E-state index in [9.17, 15) is 13.0 Å². The van der Waals surface area contributed by atoms with Gasteiger partial charge < -0.3 is 5.32 Å². The quantitative estimate of drug-likeness (QED) is 0.334. The Balaban J connectivity index is 1.29. The monoisotopic (exact) mass is 620 g/mol. The lowest BCUT2D eigenvalue weighted by atomic mass is 9.76. The van der Waals surface area contributed by atoms with Gasteiger partial charge in [0.1, 0.15) is 0 Å². The highest BCUT2D eigenvalue weighted by molar-refractivity contribution is 7.85. The van der Waals surface area contributed by atoms with E-state index in [1.54, 1.807) is 6.07 Å². The third kappa shape index (κ3) is 4.92. The zero-order valence-electron chi connectivity index (χ0n) is 24.1. The first-order chi connectivity index (χ1) is 19.8. The average molecular weight is 622 g/mol. The number of anilines is 1. The van der Waals surface area contributed by atoms with Crippen LogP contribution in [0.5, 0.6) is 0 Å². The predicted octanol–water partition coefficient (Wildman–Crippen LogP) is 9.26. The van der Waals surface area contributed by atoms with Crippen LogP contribution in [0, 0.1) is 5.92 Å². The molecule has 2 aromatic rings. The fraction of sp³-hybridized carbons (Fsp3) is 0.324. The SMILES string of the molecule is CC1(C)C(/C=C/C2=C(Cl)C3=C(Cl)/C(=C/C=C4/Nc5ccc(S(=O)(=O)O)cc5C4(C)C)CCC3CC2)=Nc2ccccc21. The average Bonchev–Trinajstić information content (AvgIpc) is 3.35. The summed E-state index contributed by atoms with van der Waals surface area (Å²) in [6.07, 6.45) is 12.0. The minimum Gasteiger partial charge on any atom is -0.358 e. The van der Waals surface area contributed by atoms with E-state index in [0.717, 1.165) is 75.8 Å². The molecule has 2 N–H and O–H groups in total. The van der Waals surface area contributed by atoms with Crippen molar-refractivity contribution in [2.75, 3.05) is 5.32 Å². The summed E-state index contributed by atoms with van der Waals surface area (Å²) in [4.78, 5) is 4.78. The summed E-state index contributed by atoms with van der Waals surface area (Å²) >= 11 is 14.1. The van der Waals surface area contributed by atoms with Crippen molar-refractivity contribution in [2.24, 2.45) is 10.9 Å². The van der Waals surface area contributed by atoms with Crippen LogP contribution < -0.4 is 5.32 Å². The minimum absolute atomic E-state index is 0.112. The van der Waals surface area contributed by atoms with Crippen LogP contribution in [0.2, 0.25) is 0 Å². The standard InChI is InChI=1S/C34H34Cl2N2O3S/c1-33(2)24-7-5-6-8-26(24)37-28(33)17-13-21-11-9-20-10-12-22(32(36)30(20)31(21)35)14-18-29-34(3,4)25-19-23(42(39,40)41)15-16-27(25)38-29/h5-8,13-20,38H,9-12H2,1-4H3,(H,39,40,41)/b17-13+,22-14+,29-18+. The van der Waals surface area contributed by atoms with Crippen molar-refractivity contribution < 1.29 is 13.0 Å². The maximum absolute atomic E-state index is 11.7. The van der Waals surface area contributed by atoms with Gasteiger partial charge in [-0.3, -0.25) is 9.55 Å². The van der Waals surface area contributed by atoms with Gasteiger partial charge in [-0.15, -0.1) is 0 Å². The molecular formula is C34H34Cl2N2O3S. The number of para-hydroxylation sites is 1. The Hall–Kier alpha value is -2.90. The molecule has 8 heteroatoms. The highest BCUT2D eigenvalue weighted by Gasteiger charge is 2.37. The molecule has 6 rings (SSSR count). The van der Waals surface area contributed by atoms with Crippen LogP contribution in [0.15, 0.2) is 109 Å². The summed E-state index contributed by atoms with van der Waals surface area (Å²) in [6, 6.07) is 12.9. The molecule has 2 aliphatic heterocycles. The van der Waals surface area contributed by atoms with Crippen molar-refractivity contribution in [3.63, 3.8) is 0 Å².